The number of hydrogen-bond donors (Lipinski definition) is 1. The van der Waals surface area contributed by atoms with Crippen molar-refractivity contribution in [2.75, 3.05) is 12.0 Å². The summed E-state index contributed by atoms with van der Waals surface area (Å²) >= 11 is 3.38. The minimum Gasteiger partial charge on any atom is -0.464 e. The van der Waals surface area contributed by atoms with Crippen LogP contribution in [0.2, 0.25) is 0 Å². The molecule has 2 nitrogen and oxygen atoms in total. The Kier molecular flexibility index (Phi) is 3.36. The van der Waals surface area contributed by atoms with Gasteiger partial charge in [0.15, 0.2) is 0 Å². The molecule has 0 radical (unpaired) electrons. The predicted octanol–water partition coefficient (Wildman–Crippen LogP) is 3.65. The van der Waals surface area contributed by atoms with Gasteiger partial charge in [-0.3, -0.25) is 0 Å². The van der Waals surface area contributed by atoms with Crippen LogP contribution in [0.25, 0.3) is 11.0 Å². The van der Waals surface area contributed by atoms with Gasteiger partial charge >= 0.3 is 0 Å². The van der Waals surface area contributed by atoms with Crippen LogP contribution in [0, 0.1) is 0 Å². The van der Waals surface area contributed by atoms with Gasteiger partial charge in [0.2, 0.25) is 0 Å². The van der Waals surface area contributed by atoms with E-state index in [9.17, 15) is 0 Å². The fourth-order valence-electron chi connectivity index (χ4n) is 1.96. The number of alkyl halides is 1. The minimum absolute atomic E-state index is 0.0698. The summed E-state index contributed by atoms with van der Waals surface area (Å²) in [5.74, 6) is 0. The zero-order chi connectivity index (χ0) is 11.6. The van der Waals surface area contributed by atoms with Crippen LogP contribution in [0.3, 0.4) is 0 Å². The molecule has 0 aliphatic rings. The third-order valence-electron chi connectivity index (χ3n) is 2.87. The Labute approximate surface area is 104 Å². The molecular formula is C13H16BrNO. The van der Waals surface area contributed by atoms with E-state index in [-0.39, 0.29) is 5.41 Å². The van der Waals surface area contributed by atoms with Gasteiger partial charge in [0.1, 0.15) is 5.58 Å². The summed E-state index contributed by atoms with van der Waals surface area (Å²) in [5, 5.41) is 4.53. The van der Waals surface area contributed by atoms with Crippen molar-refractivity contribution in [3.05, 3.63) is 36.1 Å². The first-order chi connectivity index (χ1) is 7.65. The highest BCUT2D eigenvalue weighted by atomic mass is 79.9. The summed E-state index contributed by atoms with van der Waals surface area (Å²) < 4.78 is 5.58. The van der Waals surface area contributed by atoms with E-state index in [2.05, 4.69) is 47.2 Å². The van der Waals surface area contributed by atoms with Gasteiger partial charge < -0.3 is 9.73 Å². The summed E-state index contributed by atoms with van der Waals surface area (Å²) in [6.45, 7) is 5.36. The van der Waals surface area contributed by atoms with E-state index in [0.717, 1.165) is 17.6 Å². The normalized spacial score (nSPS) is 12.2. The lowest BCUT2D eigenvalue weighted by Crippen LogP contribution is -2.31. The van der Waals surface area contributed by atoms with Crippen LogP contribution in [0.5, 0.6) is 0 Å². The lowest BCUT2D eigenvalue weighted by atomic mass is 9.84. The zero-order valence-electron chi connectivity index (χ0n) is 9.59. The second kappa shape index (κ2) is 4.60. The first-order valence-corrected chi connectivity index (χ1v) is 6.51. The van der Waals surface area contributed by atoms with Gasteiger partial charge in [0.05, 0.1) is 11.7 Å². The topological polar surface area (TPSA) is 25.2 Å². The lowest BCUT2D eigenvalue weighted by molar-refractivity contribution is 0.483. The number of para-hydroxylation sites is 1. The number of rotatable bonds is 4. The van der Waals surface area contributed by atoms with E-state index < -0.39 is 0 Å². The number of halogens is 1. The van der Waals surface area contributed by atoms with Crippen LogP contribution in [0.1, 0.15) is 19.4 Å². The maximum Gasteiger partial charge on any atom is 0.134 e. The molecule has 0 fully saturated rings. The van der Waals surface area contributed by atoms with Crippen LogP contribution >= 0.6 is 15.9 Å². The van der Waals surface area contributed by atoms with E-state index in [0.29, 0.717) is 0 Å². The van der Waals surface area contributed by atoms with E-state index in [1.54, 1.807) is 0 Å². The molecule has 1 N–H and O–H groups in total. The molecule has 86 valence electrons. The molecule has 3 heteroatoms. The number of fused-ring (bicyclic) bond motifs is 1. The molecule has 0 bridgehead atoms. The molecule has 0 amide bonds. The second-order valence-corrected chi connectivity index (χ2v) is 5.15. The van der Waals surface area contributed by atoms with Crippen LogP contribution in [-0.2, 0) is 5.41 Å². The Hall–Kier alpha value is -0.800. The summed E-state index contributed by atoms with van der Waals surface area (Å²) in [5.41, 5.74) is 3.10. The van der Waals surface area contributed by atoms with Crippen molar-refractivity contribution < 1.29 is 4.42 Å². The van der Waals surface area contributed by atoms with Gasteiger partial charge in [-0.15, -0.1) is 0 Å². The van der Waals surface area contributed by atoms with Crippen LogP contribution in [-0.4, -0.2) is 12.0 Å². The van der Waals surface area contributed by atoms with Crippen molar-refractivity contribution in [1.82, 2.24) is 5.32 Å². The predicted molar refractivity (Wildman–Crippen MR) is 71.0 cm³/mol. The number of hydrogen-bond acceptors (Lipinski definition) is 2. The molecule has 1 aromatic carbocycles. The van der Waals surface area contributed by atoms with E-state index >= 15 is 0 Å². The maximum atomic E-state index is 5.58. The maximum absolute atomic E-state index is 5.58. The second-order valence-electron chi connectivity index (χ2n) is 4.59. The van der Waals surface area contributed by atoms with Gasteiger partial charge in [-0.1, -0.05) is 48.0 Å². The average molecular weight is 282 g/mol. The molecule has 0 unspecified atom stereocenters. The zero-order valence-corrected chi connectivity index (χ0v) is 11.2. The molecular weight excluding hydrogens is 266 g/mol. The molecule has 0 saturated carbocycles. The van der Waals surface area contributed by atoms with Crippen molar-refractivity contribution in [1.29, 1.82) is 0 Å². The lowest BCUT2D eigenvalue weighted by Gasteiger charge is -2.23. The molecule has 0 saturated heterocycles. The Morgan fingerprint density at radius 1 is 1.31 bits per heavy atom. The molecule has 2 rings (SSSR count). The monoisotopic (exact) mass is 281 g/mol. The van der Waals surface area contributed by atoms with Gasteiger partial charge in [0.25, 0.3) is 0 Å². The Morgan fingerprint density at radius 3 is 2.81 bits per heavy atom. The fraction of sp³-hybridized carbons (Fsp3) is 0.385. The van der Waals surface area contributed by atoms with E-state index in [1.165, 1.54) is 10.9 Å². The highest BCUT2D eigenvalue weighted by molar-refractivity contribution is 9.09. The number of furan rings is 1. The summed E-state index contributed by atoms with van der Waals surface area (Å²) in [6, 6.07) is 8.17. The average Bonchev–Trinajstić information content (AvgIpc) is 2.71. The van der Waals surface area contributed by atoms with Crippen molar-refractivity contribution >= 4 is 26.9 Å². The first-order valence-electron chi connectivity index (χ1n) is 5.38. The van der Waals surface area contributed by atoms with Crippen molar-refractivity contribution in [3.8, 4) is 0 Å². The van der Waals surface area contributed by atoms with Gasteiger partial charge in [-0.05, 0) is 6.07 Å². The summed E-state index contributed by atoms with van der Waals surface area (Å²) in [7, 11) is 0. The van der Waals surface area contributed by atoms with Crippen molar-refractivity contribution in [3.63, 3.8) is 0 Å². The molecule has 0 atom stereocenters. The van der Waals surface area contributed by atoms with Crippen molar-refractivity contribution in [2.24, 2.45) is 0 Å². The quantitative estimate of drug-likeness (QED) is 0.684. The Bertz CT molecular complexity index is 475. The third-order valence-corrected chi connectivity index (χ3v) is 3.27. The molecule has 1 heterocycles. The molecule has 0 aliphatic carbocycles. The minimum atomic E-state index is 0.0698. The van der Waals surface area contributed by atoms with Gasteiger partial charge in [0, 0.05) is 22.9 Å². The van der Waals surface area contributed by atoms with E-state index in [1.807, 2.05) is 18.4 Å². The van der Waals surface area contributed by atoms with Crippen LogP contribution < -0.4 is 5.32 Å². The fourth-order valence-corrected chi connectivity index (χ4v) is 2.16. The number of benzene rings is 1. The van der Waals surface area contributed by atoms with Crippen LogP contribution in [0.4, 0.5) is 0 Å². The highest BCUT2D eigenvalue weighted by Crippen LogP contribution is 2.31. The summed E-state index contributed by atoms with van der Waals surface area (Å²) in [6.07, 6.45) is 1.88. The Morgan fingerprint density at radius 2 is 2.06 bits per heavy atom. The molecule has 0 aliphatic heterocycles. The Balaban J connectivity index is 2.38. The SMILES string of the molecule is CC(C)(CNCBr)c1coc2ccccc12. The number of nitrogens with one attached hydrogen (secondary N) is 1. The van der Waals surface area contributed by atoms with E-state index in [4.69, 9.17) is 4.42 Å². The molecule has 1 aromatic heterocycles. The largest absolute Gasteiger partial charge is 0.464 e. The standard InChI is InChI=1S/C13H16BrNO/c1-13(2,8-15-9-14)11-7-16-12-6-4-3-5-10(11)12/h3-7,15H,8-9H2,1-2H3. The van der Waals surface area contributed by atoms with Crippen LogP contribution in [0.15, 0.2) is 34.9 Å². The highest BCUT2D eigenvalue weighted by Gasteiger charge is 2.24. The molecule has 0 spiro atoms. The molecule has 16 heavy (non-hydrogen) atoms. The van der Waals surface area contributed by atoms with Gasteiger partial charge in [-0.2, -0.15) is 0 Å². The van der Waals surface area contributed by atoms with Gasteiger partial charge in [-0.25, -0.2) is 0 Å². The summed E-state index contributed by atoms with van der Waals surface area (Å²) in [4.78, 5) is 0. The third kappa shape index (κ3) is 2.15. The van der Waals surface area contributed by atoms with Crippen molar-refractivity contribution in [2.45, 2.75) is 19.3 Å². The molecule has 2 aromatic rings. The first kappa shape index (κ1) is 11.7. The smallest absolute Gasteiger partial charge is 0.134 e.